The van der Waals surface area contributed by atoms with Gasteiger partial charge in [-0.2, -0.15) is 0 Å². The molecule has 0 saturated heterocycles. The van der Waals surface area contributed by atoms with E-state index in [0.717, 1.165) is 11.3 Å². The lowest BCUT2D eigenvalue weighted by atomic mass is 9.71. The molecule has 0 unspecified atom stereocenters. The van der Waals surface area contributed by atoms with Crippen molar-refractivity contribution in [3.05, 3.63) is 82.2 Å². The fraction of sp³-hybridized carbons (Fsp3) is 0.357. The topological polar surface area (TPSA) is 73.9 Å². The lowest BCUT2D eigenvalue weighted by molar-refractivity contribution is -0.143. The Kier molecular flexibility index (Phi) is 6.77. The number of hydrogen-bond donors (Lipinski definition) is 1. The summed E-state index contributed by atoms with van der Waals surface area (Å²) in [6, 6.07) is 15.6. The summed E-state index contributed by atoms with van der Waals surface area (Å²) in [5.74, 6) is 0.0745. The van der Waals surface area contributed by atoms with Gasteiger partial charge in [0.25, 0.3) is 0 Å². The molecule has 0 fully saturated rings. The third-order valence-corrected chi connectivity index (χ3v) is 6.41. The van der Waals surface area contributed by atoms with E-state index in [1.165, 1.54) is 0 Å². The molecule has 34 heavy (non-hydrogen) atoms. The zero-order valence-electron chi connectivity index (χ0n) is 20.3. The Labute approximate surface area is 200 Å². The number of hydrogen-bond acceptors (Lipinski definition) is 6. The molecule has 1 heterocycles. The van der Waals surface area contributed by atoms with E-state index in [9.17, 15) is 9.59 Å². The van der Waals surface area contributed by atoms with E-state index in [4.69, 9.17) is 14.2 Å². The normalized spacial score (nSPS) is 20.1. The lowest BCUT2D eigenvalue weighted by Gasteiger charge is -2.37. The Bertz CT molecular complexity index is 1160. The van der Waals surface area contributed by atoms with E-state index >= 15 is 0 Å². The SMILES string of the molecule is COc1cccc([C@H]2C(C(=O)OC(C)C)=C(C)NC3=C2C(=O)C[C@@H](c2ccccc2)C3)c1OC. The molecule has 0 spiro atoms. The molecule has 2 aromatic carbocycles. The van der Waals surface area contributed by atoms with Gasteiger partial charge in [-0.1, -0.05) is 42.5 Å². The van der Waals surface area contributed by atoms with Crippen LogP contribution in [0.5, 0.6) is 11.5 Å². The second-order valence-corrected chi connectivity index (χ2v) is 8.96. The number of ketones is 1. The Balaban J connectivity index is 1.88. The van der Waals surface area contributed by atoms with Crippen molar-refractivity contribution in [2.24, 2.45) is 0 Å². The van der Waals surface area contributed by atoms with Gasteiger partial charge in [0, 0.05) is 29.0 Å². The van der Waals surface area contributed by atoms with Crippen LogP contribution in [0.3, 0.4) is 0 Å². The van der Waals surface area contributed by atoms with Gasteiger partial charge in [-0.15, -0.1) is 0 Å². The minimum atomic E-state index is -0.614. The maximum absolute atomic E-state index is 13.7. The lowest BCUT2D eigenvalue weighted by Crippen LogP contribution is -2.36. The molecule has 2 atom stereocenters. The van der Waals surface area contributed by atoms with Crippen LogP contribution in [0.2, 0.25) is 0 Å². The maximum atomic E-state index is 13.7. The number of methoxy groups -OCH3 is 2. The van der Waals surface area contributed by atoms with Gasteiger partial charge in [0.1, 0.15) is 0 Å². The van der Waals surface area contributed by atoms with E-state index in [2.05, 4.69) is 17.4 Å². The molecular weight excluding hydrogens is 430 g/mol. The van der Waals surface area contributed by atoms with Crippen molar-refractivity contribution < 1.29 is 23.8 Å². The van der Waals surface area contributed by atoms with Crippen LogP contribution >= 0.6 is 0 Å². The molecule has 1 aliphatic heterocycles. The summed E-state index contributed by atoms with van der Waals surface area (Å²) in [5, 5.41) is 3.38. The first-order chi connectivity index (χ1) is 16.3. The Morgan fingerprint density at radius 2 is 1.74 bits per heavy atom. The summed E-state index contributed by atoms with van der Waals surface area (Å²) in [5.41, 5.74) is 4.38. The Morgan fingerprint density at radius 3 is 2.38 bits per heavy atom. The summed E-state index contributed by atoms with van der Waals surface area (Å²) < 4.78 is 16.8. The van der Waals surface area contributed by atoms with Crippen molar-refractivity contribution in [2.45, 2.75) is 51.6 Å². The molecule has 2 aromatic rings. The van der Waals surface area contributed by atoms with Gasteiger partial charge in [-0.25, -0.2) is 4.79 Å². The molecular formula is C28H31NO5. The molecule has 6 nitrogen and oxygen atoms in total. The van der Waals surface area contributed by atoms with Crippen LogP contribution in [0.15, 0.2) is 71.1 Å². The van der Waals surface area contributed by atoms with E-state index in [-0.39, 0.29) is 17.8 Å². The average molecular weight is 462 g/mol. The maximum Gasteiger partial charge on any atom is 0.337 e. The van der Waals surface area contributed by atoms with Crippen LogP contribution in [0.4, 0.5) is 0 Å². The molecule has 1 N–H and O–H groups in total. The minimum absolute atomic E-state index is 0.0137. The van der Waals surface area contributed by atoms with Gasteiger partial charge in [0.05, 0.1) is 31.8 Å². The van der Waals surface area contributed by atoms with Gasteiger partial charge < -0.3 is 19.5 Å². The minimum Gasteiger partial charge on any atom is -0.493 e. The van der Waals surface area contributed by atoms with Crippen molar-refractivity contribution in [3.63, 3.8) is 0 Å². The number of carbonyl (C=O) groups excluding carboxylic acids is 2. The van der Waals surface area contributed by atoms with Crippen LogP contribution in [-0.4, -0.2) is 32.1 Å². The van der Waals surface area contributed by atoms with Crippen molar-refractivity contribution in [2.75, 3.05) is 14.2 Å². The monoisotopic (exact) mass is 461 g/mol. The predicted octanol–water partition coefficient (Wildman–Crippen LogP) is 5.02. The zero-order valence-corrected chi connectivity index (χ0v) is 20.3. The van der Waals surface area contributed by atoms with Crippen LogP contribution in [-0.2, 0) is 14.3 Å². The standard InChI is InChI=1S/C28H31NO5/c1-16(2)34-28(31)24-17(3)29-21-14-19(18-10-7-6-8-11-18)15-22(30)26(21)25(24)20-12-9-13-23(32-4)27(20)33-5/h6-13,16,19,25,29H,14-15H2,1-5H3/t19-,25-/m0/s1. The van der Waals surface area contributed by atoms with Crippen molar-refractivity contribution in [1.82, 2.24) is 5.32 Å². The van der Waals surface area contributed by atoms with Crippen LogP contribution in [0.25, 0.3) is 0 Å². The van der Waals surface area contributed by atoms with E-state index < -0.39 is 11.9 Å². The van der Waals surface area contributed by atoms with Crippen LogP contribution < -0.4 is 14.8 Å². The van der Waals surface area contributed by atoms with Crippen molar-refractivity contribution >= 4 is 11.8 Å². The number of rotatable bonds is 6. The first-order valence-corrected chi connectivity index (χ1v) is 11.6. The van der Waals surface area contributed by atoms with Crippen LogP contribution in [0, 0.1) is 0 Å². The fourth-order valence-corrected chi connectivity index (χ4v) is 5.00. The Morgan fingerprint density at radius 1 is 1.00 bits per heavy atom. The summed E-state index contributed by atoms with van der Waals surface area (Å²) in [4.78, 5) is 27.0. The number of para-hydroxylation sites is 1. The second kappa shape index (κ2) is 9.75. The largest absolute Gasteiger partial charge is 0.493 e. The quantitative estimate of drug-likeness (QED) is 0.609. The van der Waals surface area contributed by atoms with Crippen molar-refractivity contribution in [1.29, 1.82) is 0 Å². The van der Waals surface area contributed by atoms with Gasteiger partial charge in [-0.3, -0.25) is 4.79 Å². The average Bonchev–Trinajstić information content (AvgIpc) is 2.82. The number of nitrogens with one attached hydrogen (secondary N) is 1. The first-order valence-electron chi connectivity index (χ1n) is 11.6. The number of allylic oxidation sites excluding steroid dienone is 3. The molecule has 6 heteroatoms. The summed E-state index contributed by atoms with van der Waals surface area (Å²) in [7, 11) is 3.13. The number of carbonyl (C=O) groups is 2. The molecule has 1 aliphatic carbocycles. The van der Waals surface area contributed by atoms with Crippen molar-refractivity contribution in [3.8, 4) is 11.5 Å². The smallest absolute Gasteiger partial charge is 0.337 e. The van der Waals surface area contributed by atoms with E-state index in [1.54, 1.807) is 20.3 Å². The molecule has 2 aliphatic rings. The zero-order chi connectivity index (χ0) is 24.4. The highest BCUT2D eigenvalue weighted by Crippen LogP contribution is 2.49. The molecule has 0 amide bonds. The number of Topliss-reactive ketones (excluding diaryl/α,β-unsaturated/α-hetero) is 1. The molecule has 0 aromatic heterocycles. The fourth-order valence-electron chi connectivity index (χ4n) is 5.00. The van der Waals surface area contributed by atoms with Gasteiger partial charge in [0.2, 0.25) is 0 Å². The summed E-state index contributed by atoms with van der Waals surface area (Å²) in [6.07, 6.45) is 0.761. The third-order valence-electron chi connectivity index (χ3n) is 6.41. The van der Waals surface area contributed by atoms with Gasteiger partial charge in [0.15, 0.2) is 17.3 Å². The number of ether oxygens (including phenoxy) is 3. The molecule has 0 bridgehead atoms. The number of dihydropyridines is 1. The highest BCUT2D eigenvalue weighted by atomic mass is 16.5. The molecule has 0 saturated carbocycles. The van der Waals surface area contributed by atoms with E-state index in [1.807, 2.05) is 51.1 Å². The summed E-state index contributed by atoms with van der Waals surface area (Å²) >= 11 is 0. The third kappa shape index (κ3) is 4.32. The van der Waals surface area contributed by atoms with Gasteiger partial charge in [-0.05, 0) is 44.7 Å². The molecule has 0 radical (unpaired) electrons. The summed E-state index contributed by atoms with van der Waals surface area (Å²) in [6.45, 7) is 5.48. The van der Waals surface area contributed by atoms with E-state index in [0.29, 0.717) is 46.7 Å². The molecule has 4 rings (SSSR count). The highest BCUT2D eigenvalue weighted by Gasteiger charge is 2.43. The highest BCUT2D eigenvalue weighted by molar-refractivity contribution is 6.04. The number of benzene rings is 2. The first kappa shape index (κ1) is 23.6. The molecule has 178 valence electrons. The number of esters is 1. The predicted molar refractivity (Wildman–Crippen MR) is 130 cm³/mol. The van der Waals surface area contributed by atoms with Crippen LogP contribution in [0.1, 0.15) is 56.6 Å². The van der Waals surface area contributed by atoms with Gasteiger partial charge >= 0.3 is 5.97 Å². The second-order valence-electron chi connectivity index (χ2n) is 8.96. The Hall–Kier alpha value is -3.54.